The van der Waals surface area contributed by atoms with Gasteiger partial charge in [0.25, 0.3) is 0 Å². The quantitative estimate of drug-likeness (QED) is 0.700. The predicted molar refractivity (Wildman–Crippen MR) is 66.2 cm³/mol. The first-order valence-electron chi connectivity index (χ1n) is 5.53. The van der Waals surface area contributed by atoms with Crippen molar-refractivity contribution in [1.29, 1.82) is 0 Å². The number of carbonyl (C=O) groups is 1. The summed E-state index contributed by atoms with van der Waals surface area (Å²) in [7, 11) is 0. The van der Waals surface area contributed by atoms with Crippen LogP contribution in [-0.4, -0.2) is 5.78 Å². The number of carbonyl (C=O) groups excluding carboxylic acids is 1. The van der Waals surface area contributed by atoms with Crippen LogP contribution in [0.3, 0.4) is 0 Å². The van der Waals surface area contributed by atoms with Crippen molar-refractivity contribution in [3.8, 4) is 0 Å². The van der Waals surface area contributed by atoms with Gasteiger partial charge in [0.1, 0.15) is 5.78 Å². The average Bonchev–Trinajstić information content (AvgIpc) is 2.75. The molecule has 0 aromatic heterocycles. The normalized spacial score (nSPS) is 15.5. The summed E-state index contributed by atoms with van der Waals surface area (Å²) in [6.45, 7) is 0. The van der Waals surface area contributed by atoms with Crippen molar-refractivity contribution < 1.29 is 4.79 Å². The fraction of sp³-hybridized carbons (Fsp3) is 0.133. The lowest BCUT2D eigenvalue weighted by atomic mass is 9.98. The zero-order chi connectivity index (χ0) is 11.0. The Hall–Kier alpha value is -1.89. The van der Waals surface area contributed by atoms with E-state index in [1.165, 1.54) is 21.9 Å². The molecule has 0 bridgehead atoms. The van der Waals surface area contributed by atoms with Crippen LogP contribution >= 0.6 is 0 Å². The molecule has 0 atom stereocenters. The number of Topliss-reactive ketones (excluding diaryl/α,β-unsaturated/α-hetero) is 1. The molecular formula is C15H12O. The first kappa shape index (κ1) is 9.34. The van der Waals surface area contributed by atoms with Crippen molar-refractivity contribution in [3.63, 3.8) is 0 Å². The van der Waals surface area contributed by atoms with Gasteiger partial charge in [0.2, 0.25) is 0 Å². The van der Waals surface area contributed by atoms with E-state index < -0.39 is 0 Å². The average molecular weight is 208 g/mol. The van der Waals surface area contributed by atoms with Gasteiger partial charge in [-0.2, -0.15) is 0 Å². The molecule has 2 aromatic rings. The first-order chi connectivity index (χ1) is 7.84. The molecule has 0 spiro atoms. The third-order valence-corrected chi connectivity index (χ3v) is 3.10. The summed E-state index contributed by atoms with van der Waals surface area (Å²) in [5, 5.41) is 2.48. The smallest absolute Gasteiger partial charge is 0.141 e. The van der Waals surface area contributed by atoms with Crippen molar-refractivity contribution in [2.24, 2.45) is 0 Å². The van der Waals surface area contributed by atoms with Crippen LogP contribution < -0.4 is 0 Å². The Kier molecular flexibility index (Phi) is 2.10. The number of benzene rings is 2. The molecule has 1 heteroatoms. The summed E-state index contributed by atoms with van der Waals surface area (Å²) in [6, 6.07) is 14.6. The third kappa shape index (κ3) is 1.45. The molecule has 0 aliphatic heterocycles. The Labute approximate surface area is 94.4 Å². The summed E-state index contributed by atoms with van der Waals surface area (Å²) >= 11 is 0. The van der Waals surface area contributed by atoms with Crippen LogP contribution in [0.1, 0.15) is 18.4 Å². The molecule has 1 nitrogen and oxygen atoms in total. The van der Waals surface area contributed by atoms with Gasteiger partial charge in [-0.05, 0) is 21.9 Å². The lowest BCUT2D eigenvalue weighted by Crippen LogP contribution is -1.89. The number of rotatable bonds is 1. The molecule has 2 aromatic carbocycles. The number of hydrogen-bond acceptors (Lipinski definition) is 1. The van der Waals surface area contributed by atoms with Gasteiger partial charge in [-0.1, -0.05) is 48.5 Å². The van der Waals surface area contributed by atoms with E-state index in [0.717, 1.165) is 0 Å². The van der Waals surface area contributed by atoms with Crippen LogP contribution in [0, 0.1) is 0 Å². The Balaban J connectivity index is 2.20. The maximum Gasteiger partial charge on any atom is 0.141 e. The van der Waals surface area contributed by atoms with Gasteiger partial charge in [0.15, 0.2) is 0 Å². The van der Waals surface area contributed by atoms with Gasteiger partial charge in [0.05, 0.1) is 0 Å². The fourth-order valence-corrected chi connectivity index (χ4v) is 2.30. The zero-order valence-corrected chi connectivity index (χ0v) is 8.94. The maximum atomic E-state index is 11.3. The molecule has 1 aliphatic carbocycles. The second-order valence-electron chi connectivity index (χ2n) is 4.18. The number of hydrogen-bond donors (Lipinski definition) is 0. The van der Waals surface area contributed by atoms with Crippen LogP contribution in [0.4, 0.5) is 0 Å². The number of ketones is 1. The van der Waals surface area contributed by atoms with Gasteiger partial charge in [-0.3, -0.25) is 4.79 Å². The molecule has 0 amide bonds. The SMILES string of the molecule is O=C1CC=C(c2cccc3ccccc23)C1. The van der Waals surface area contributed by atoms with Crippen LogP contribution in [0.25, 0.3) is 16.3 Å². The van der Waals surface area contributed by atoms with E-state index in [2.05, 4.69) is 36.4 Å². The summed E-state index contributed by atoms with van der Waals surface area (Å²) in [5.74, 6) is 0.322. The van der Waals surface area contributed by atoms with Gasteiger partial charge in [0, 0.05) is 12.8 Å². The zero-order valence-electron chi connectivity index (χ0n) is 8.94. The molecule has 0 fully saturated rings. The molecule has 0 N–H and O–H groups in total. The van der Waals surface area contributed by atoms with Gasteiger partial charge in [-0.25, -0.2) is 0 Å². The standard InChI is InChI=1S/C15H12O/c16-13-9-8-12(10-13)15-7-3-5-11-4-1-2-6-14(11)15/h1-8H,9-10H2. The fourth-order valence-electron chi connectivity index (χ4n) is 2.30. The number of fused-ring (bicyclic) bond motifs is 1. The molecule has 0 radical (unpaired) electrons. The molecule has 0 saturated carbocycles. The molecule has 0 saturated heterocycles. The molecule has 16 heavy (non-hydrogen) atoms. The summed E-state index contributed by atoms with van der Waals surface area (Å²) < 4.78 is 0. The van der Waals surface area contributed by atoms with Gasteiger partial charge >= 0.3 is 0 Å². The van der Waals surface area contributed by atoms with Crippen LogP contribution in [-0.2, 0) is 4.79 Å². The summed E-state index contributed by atoms with van der Waals surface area (Å²) in [6.07, 6.45) is 3.25. The van der Waals surface area contributed by atoms with Crippen molar-refractivity contribution >= 4 is 22.1 Å². The Morgan fingerprint density at radius 2 is 1.75 bits per heavy atom. The van der Waals surface area contributed by atoms with Crippen molar-refractivity contribution in [2.45, 2.75) is 12.8 Å². The molecular weight excluding hydrogens is 196 g/mol. The minimum absolute atomic E-state index is 0.322. The summed E-state index contributed by atoms with van der Waals surface area (Å²) in [4.78, 5) is 11.3. The van der Waals surface area contributed by atoms with Crippen LogP contribution in [0.2, 0.25) is 0 Å². The minimum Gasteiger partial charge on any atom is -0.299 e. The van der Waals surface area contributed by atoms with E-state index in [1.807, 2.05) is 12.1 Å². The van der Waals surface area contributed by atoms with E-state index in [4.69, 9.17) is 0 Å². The van der Waals surface area contributed by atoms with Crippen molar-refractivity contribution in [3.05, 3.63) is 54.1 Å². The van der Waals surface area contributed by atoms with Gasteiger partial charge < -0.3 is 0 Å². The molecule has 0 heterocycles. The topological polar surface area (TPSA) is 17.1 Å². The summed E-state index contributed by atoms with van der Waals surface area (Å²) in [5.41, 5.74) is 2.39. The molecule has 0 unspecified atom stereocenters. The lowest BCUT2D eigenvalue weighted by molar-refractivity contribution is -0.116. The van der Waals surface area contributed by atoms with Gasteiger partial charge in [-0.15, -0.1) is 0 Å². The highest BCUT2D eigenvalue weighted by Gasteiger charge is 2.15. The van der Waals surface area contributed by atoms with E-state index in [0.29, 0.717) is 18.6 Å². The van der Waals surface area contributed by atoms with Crippen molar-refractivity contribution in [2.75, 3.05) is 0 Å². The Morgan fingerprint density at radius 3 is 2.56 bits per heavy atom. The van der Waals surface area contributed by atoms with Crippen LogP contribution in [0.5, 0.6) is 0 Å². The molecule has 1 aliphatic rings. The first-order valence-corrected chi connectivity index (χ1v) is 5.53. The largest absolute Gasteiger partial charge is 0.299 e. The highest BCUT2D eigenvalue weighted by Crippen LogP contribution is 2.30. The second kappa shape index (κ2) is 3.60. The van der Waals surface area contributed by atoms with E-state index in [9.17, 15) is 4.79 Å². The second-order valence-corrected chi connectivity index (χ2v) is 4.18. The molecule has 78 valence electrons. The highest BCUT2D eigenvalue weighted by molar-refractivity contribution is 6.02. The lowest BCUT2D eigenvalue weighted by Gasteiger charge is -2.06. The maximum absolute atomic E-state index is 11.3. The highest BCUT2D eigenvalue weighted by atomic mass is 16.1. The van der Waals surface area contributed by atoms with E-state index in [-0.39, 0.29) is 0 Å². The number of allylic oxidation sites excluding steroid dienone is 2. The third-order valence-electron chi connectivity index (χ3n) is 3.10. The molecule has 3 rings (SSSR count). The van der Waals surface area contributed by atoms with Crippen molar-refractivity contribution in [1.82, 2.24) is 0 Å². The van der Waals surface area contributed by atoms with Crippen LogP contribution in [0.15, 0.2) is 48.5 Å². The Bertz CT molecular complexity index is 588. The Morgan fingerprint density at radius 1 is 0.938 bits per heavy atom. The van der Waals surface area contributed by atoms with E-state index in [1.54, 1.807) is 0 Å². The predicted octanol–water partition coefficient (Wildman–Crippen LogP) is 3.59. The minimum atomic E-state index is 0.322. The van der Waals surface area contributed by atoms with E-state index >= 15 is 0 Å². The monoisotopic (exact) mass is 208 g/mol.